The van der Waals surface area contributed by atoms with E-state index in [9.17, 15) is 18.0 Å². The van der Waals surface area contributed by atoms with Crippen LogP contribution < -0.4 is 14.8 Å². The smallest absolute Gasteiger partial charge is 0.491 e. The number of amides is 1. The first-order valence-electron chi connectivity index (χ1n) is 9.06. The molecule has 2 aromatic rings. The predicted molar refractivity (Wildman–Crippen MR) is 107 cm³/mol. The lowest BCUT2D eigenvalue weighted by molar-refractivity contribution is -0.274. The predicted octanol–water partition coefficient (Wildman–Crippen LogP) is 3.85. The summed E-state index contributed by atoms with van der Waals surface area (Å²) in [7, 11) is 1.61. The summed E-state index contributed by atoms with van der Waals surface area (Å²) in [5, 5.41) is 2.89. The number of aliphatic imine (C=N–C) groups is 1. The number of halogens is 3. The second kappa shape index (κ2) is 8.89. The Kier molecular flexibility index (Phi) is 6.29. The number of hydrogen-bond donors (Lipinski definition) is 1. The van der Waals surface area contributed by atoms with Crippen LogP contribution in [0.3, 0.4) is 0 Å². The van der Waals surface area contributed by atoms with Gasteiger partial charge in [-0.25, -0.2) is 0 Å². The van der Waals surface area contributed by atoms with Crippen molar-refractivity contribution >= 4 is 11.7 Å². The summed E-state index contributed by atoms with van der Waals surface area (Å²) in [5.41, 5.74) is 1.68. The molecule has 0 saturated heterocycles. The minimum atomic E-state index is -4.75. The average molecular weight is 419 g/mol. The van der Waals surface area contributed by atoms with E-state index in [0.717, 1.165) is 0 Å². The van der Waals surface area contributed by atoms with Crippen LogP contribution in [0.4, 0.5) is 13.2 Å². The van der Waals surface area contributed by atoms with Gasteiger partial charge in [0.25, 0.3) is 5.91 Å². The highest BCUT2D eigenvalue weighted by Gasteiger charge is 2.31. The number of ether oxygens (including phenoxy) is 2. The summed E-state index contributed by atoms with van der Waals surface area (Å²) in [6.45, 7) is 4.56. The molecule has 1 amide bonds. The summed E-state index contributed by atoms with van der Waals surface area (Å²) in [5.74, 6) is 0.495. The molecule has 0 radical (unpaired) electrons. The van der Waals surface area contributed by atoms with Crippen LogP contribution in [0.5, 0.6) is 11.5 Å². The van der Waals surface area contributed by atoms with Gasteiger partial charge in [0.05, 0.1) is 18.7 Å². The van der Waals surface area contributed by atoms with Crippen LogP contribution in [-0.4, -0.2) is 49.7 Å². The van der Waals surface area contributed by atoms with Crippen LogP contribution in [0.1, 0.15) is 10.4 Å². The number of nitrogens with zero attached hydrogens (tertiary/aromatic N) is 2. The Bertz CT molecular complexity index is 956. The number of carbonyl (C=O) groups excluding carboxylic acids is 1. The van der Waals surface area contributed by atoms with Crippen molar-refractivity contribution in [1.82, 2.24) is 10.2 Å². The van der Waals surface area contributed by atoms with Crippen LogP contribution in [-0.2, 0) is 0 Å². The van der Waals surface area contributed by atoms with Crippen molar-refractivity contribution in [2.45, 2.75) is 6.36 Å². The molecule has 0 atom stereocenters. The molecule has 30 heavy (non-hydrogen) atoms. The minimum absolute atomic E-state index is 0.228. The number of fused-ring (bicyclic) bond motifs is 1. The van der Waals surface area contributed by atoms with Crippen molar-refractivity contribution < 1.29 is 27.4 Å². The van der Waals surface area contributed by atoms with Crippen molar-refractivity contribution in [3.63, 3.8) is 0 Å². The zero-order chi connectivity index (χ0) is 21.7. The summed E-state index contributed by atoms with van der Waals surface area (Å²) in [6, 6.07) is 10.5. The summed E-state index contributed by atoms with van der Waals surface area (Å²) >= 11 is 0. The fraction of sp³-hybridized carbons (Fsp3) is 0.238. The molecule has 0 fully saturated rings. The molecule has 0 bridgehead atoms. The fourth-order valence-corrected chi connectivity index (χ4v) is 3.02. The van der Waals surface area contributed by atoms with E-state index in [1.54, 1.807) is 30.1 Å². The van der Waals surface area contributed by atoms with Crippen LogP contribution in [0.25, 0.3) is 11.1 Å². The van der Waals surface area contributed by atoms with Gasteiger partial charge in [-0.3, -0.25) is 9.79 Å². The first-order valence-corrected chi connectivity index (χ1v) is 9.06. The van der Waals surface area contributed by atoms with Crippen molar-refractivity contribution in [2.75, 3.05) is 26.7 Å². The molecule has 1 N–H and O–H groups in total. The molecule has 3 rings (SSSR count). The third-order valence-corrected chi connectivity index (χ3v) is 4.42. The fourth-order valence-electron chi connectivity index (χ4n) is 3.02. The van der Waals surface area contributed by atoms with E-state index in [-0.39, 0.29) is 18.2 Å². The summed E-state index contributed by atoms with van der Waals surface area (Å²) < 4.78 is 46.6. The molecule has 2 aromatic carbocycles. The average Bonchev–Trinajstić information content (AvgIpc) is 2.86. The molecular formula is C21H20F3N3O3. The van der Waals surface area contributed by atoms with Crippen LogP contribution in [0.15, 0.2) is 60.2 Å². The minimum Gasteiger partial charge on any atom is -0.491 e. The standard InChI is InChI=1S/C21H20F3N3O3/c1-3-26-19(25-2)13-27-10-11-29-18-9-6-15(12-17(18)20(27)28)14-4-7-16(8-5-14)30-21(22,23)24/h3-9,12H,1,10-11,13H2,2H3,(H,25,26). The zero-order valence-corrected chi connectivity index (χ0v) is 16.2. The van der Waals surface area contributed by atoms with E-state index in [0.29, 0.717) is 41.4 Å². The first kappa shape index (κ1) is 21.2. The van der Waals surface area contributed by atoms with Crippen molar-refractivity contribution in [2.24, 2.45) is 4.99 Å². The van der Waals surface area contributed by atoms with Crippen molar-refractivity contribution in [1.29, 1.82) is 0 Å². The lowest BCUT2D eigenvalue weighted by atomic mass is 10.0. The molecule has 9 heteroatoms. The van der Waals surface area contributed by atoms with Gasteiger partial charge in [-0.15, -0.1) is 13.2 Å². The Labute approximate surface area is 171 Å². The van der Waals surface area contributed by atoms with Gasteiger partial charge in [-0.05, 0) is 41.6 Å². The highest BCUT2D eigenvalue weighted by atomic mass is 19.4. The van der Waals surface area contributed by atoms with E-state index >= 15 is 0 Å². The van der Waals surface area contributed by atoms with Gasteiger partial charge < -0.3 is 19.7 Å². The highest BCUT2D eigenvalue weighted by molar-refractivity contribution is 6.00. The maximum absolute atomic E-state index is 13.1. The Morgan fingerprint density at radius 1 is 1.27 bits per heavy atom. The molecule has 6 nitrogen and oxygen atoms in total. The van der Waals surface area contributed by atoms with Crippen molar-refractivity contribution in [3.8, 4) is 22.6 Å². The number of nitrogens with one attached hydrogen (secondary N) is 1. The van der Waals surface area contributed by atoms with E-state index < -0.39 is 6.36 Å². The Hall–Kier alpha value is -3.49. The molecule has 1 aliphatic rings. The van der Waals surface area contributed by atoms with Gasteiger partial charge >= 0.3 is 6.36 Å². The number of rotatable bonds is 5. The monoisotopic (exact) mass is 419 g/mol. The van der Waals surface area contributed by atoms with E-state index in [2.05, 4.69) is 21.6 Å². The molecule has 158 valence electrons. The Morgan fingerprint density at radius 3 is 2.60 bits per heavy atom. The number of amidine groups is 1. The third kappa shape index (κ3) is 5.11. The molecule has 1 aliphatic heterocycles. The Balaban J connectivity index is 1.86. The van der Waals surface area contributed by atoms with Gasteiger partial charge in [0.1, 0.15) is 23.9 Å². The van der Waals surface area contributed by atoms with Gasteiger partial charge in [0, 0.05) is 7.05 Å². The largest absolute Gasteiger partial charge is 0.573 e. The summed E-state index contributed by atoms with van der Waals surface area (Å²) in [4.78, 5) is 18.8. The number of alkyl halides is 3. The van der Waals surface area contributed by atoms with Crippen LogP contribution in [0, 0.1) is 0 Å². The molecular weight excluding hydrogens is 399 g/mol. The normalized spacial score (nSPS) is 14.5. The molecule has 0 saturated carbocycles. The molecule has 0 aliphatic carbocycles. The SMILES string of the molecule is C=CNC(CN1CCOc2ccc(-c3ccc(OC(F)(F)F)cc3)cc2C1=O)=NC. The number of carbonyl (C=O) groups is 1. The zero-order valence-electron chi connectivity index (χ0n) is 16.2. The maximum atomic E-state index is 13.1. The van der Waals surface area contributed by atoms with E-state index in [1.807, 2.05) is 0 Å². The van der Waals surface area contributed by atoms with E-state index in [1.165, 1.54) is 30.5 Å². The van der Waals surface area contributed by atoms with Crippen molar-refractivity contribution in [3.05, 3.63) is 60.8 Å². The van der Waals surface area contributed by atoms with Crippen LogP contribution >= 0.6 is 0 Å². The molecule has 0 unspecified atom stereocenters. The molecule has 0 spiro atoms. The van der Waals surface area contributed by atoms with Gasteiger partial charge in [0.15, 0.2) is 0 Å². The first-order chi connectivity index (χ1) is 14.3. The van der Waals surface area contributed by atoms with E-state index in [4.69, 9.17) is 4.74 Å². The van der Waals surface area contributed by atoms with Gasteiger partial charge in [0.2, 0.25) is 0 Å². The van der Waals surface area contributed by atoms with Crippen LogP contribution in [0.2, 0.25) is 0 Å². The topological polar surface area (TPSA) is 63.2 Å². The lowest BCUT2D eigenvalue weighted by Crippen LogP contribution is -2.40. The highest BCUT2D eigenvalue weighted by Crippen LogP contribution is 2.31. The maximum Gasteiger partial charge on any atom is 0.573 e. The quantitative estimate of drug-likeness (QED) is 0.591. The second-order valence-corrected chi connectivity index (χ2v) is 6.38. The summed E-state index contributed by atoms with van der Waals surface area (Å²) in [6.07, 6.45) is -3.26. The number of hydrogen-bond acceptors (Lipinski definition) is 4. The second-order valence-electron chi connectivity index (χ2n) is 6.38. The third-order valence-electron chi connectivity index (χ3n) is 4.42. The molecule has 0 aromatic heterocycles. The van der Waals surface area contributed by atoms with Gasteiger partial charge in [-0.1, -0.05) is 24.8 Å². The number of benzene rings is 2. The molecule has 1 heterocycles. The lowest BCUT2D eigenvalue weighted by Gasteiger charge is -2.20. The van der Waals surface area contributed by atoms with Gasteiger partial charge in [-0.2, -0.15) is 0 Å². The Morgan fingerprint density at radius 2 is 1.97 bits per heavy atom.